The molecule has 0 aliphatic carbocycles. The maximum Gasteiger partial charge on any atom is 0.164 e. The number of hydrogen-bond donors (Lipinski definition) is 0. The molecule has 0 saturated carbocycles. The number of aromatic nitrogens is 4. The molecule has 11 aromatic rings. The molecule has 5 heteroatoms. The normalized spacial score (nSPS) is 11.6. The van der Waals surface area contributed by atoms with Crippen LogP contribution >= 0.6 is 11.3 Å². The zero-order valence-electron chi connectivity index (χ0n) is 30.2. The van der Waals surface area contributed by atoms with Gasteiger partial charge < -0.3 is 4.57 Å². The van der Waals surface area contributed by atoms with Gasteiger partial charge in [-0.15, -0.1) is 11.3 Å². The monoisotopic (exact) mass is 732 g/mol. The molecule has 3 aromatic heterocycles. The first-order valence-corrected chi connectivity index (χ1v) is 19.6. The van der Waals surface area contributed by atoms with Crippen LogP contribution in [0.25, 0.3) is 104 Å². The van der Waals surface area contributed by atoms with Crippen molar-refractivity contribution in [3.63, 3.8) is 0 Å². The van der Waals surface area contributed by atoms with E-state index in [2.05, 4.69) is 138 Å². The van der Waals surface area contributed by atoms with Gasteiger partial charge in [-0.3, -0.25) is 0 Å². The second-order valence-corrected chi connectivity index (χ2v) is 15.1. The summed E-state index contributed by atoms with van der Waals surface area (Å²) < 4.78 is 5.01. The molecule has 0 amide bonds. The molecule has 0 unspecified atom stereocenters. The first-order valence-electron chi connectivity index (χ1n) is 18.8. The van der Waals surface area contributed by atoms with E-state index in [0.717, 1.165) is 33.4 Å². The minimum absolute atomic E-state index is 0.638. The van der Waals surface area contributed by atoms with Gasteiger partial charge in [0.05, 0.1) is 11.0 Å². The van der Waals surface area contributed by atoms with Crippen LogP contribution in [0.15, 0.2) is 194 Å². The smallest absolute Gasteiger partial charge is 0.164 e. The van der Waals surface area contributed by atoms with Gasteiger partial charge in [-0.05, 0) is 76.9 Å². The van der Waals surface area contributed by atoms with Crippen LogP contribution in [0.5, 0.6) is 0 Å². The molecule has 0 atom stereocenters. The van der Waals surface area contributed by atoms with E-state index >= 15 is 0 Å². The van der Waals surface area contributed by atoms with Gasteiger partial charge in [-0.2, -0.15) is 0 Å². The summed E-state index contributed by atoms with van der Waals surface area (Å²) in [6.07, 6.45) is 0. The Hall–Kier alpha value is -7.21. The number of nitrogens with zero attached hydrogens (tertiary/aromatic N) is 4. The Bertz CT molecular complexity index is 3160. The van der Waals surface area contributed by atoms with Gasteiger partial charge in [0, 0.05) is 53.3 Å². The lowest BCUT2D eigenvalue weighted by Gasteiger charge is -2.11. The largest absolute Gasteiger partial charge is 0.309 e. The van der Waals surface area contributed by atoms with Crippen molar-refractivity contribution in [3.05, 3.63) is 194 Å². The van der Waals surface area contributed by atoms with Crippen LogP contribution in [-0.2, 0) is 0 Å². The van der Waals surface area contributed by atoms with Crippen LogP contribution in [-0.4, -0.2) is 19.5 Å². The number of benzene rings is 8. The molecule has 0 bridgehead atoms. The number of thiophene rings is 1. The summed E-state index contributed by atoms with van der Waals surface area (Å²) in [5.41, 5.74) is 11.1. The third-order valence-corrected chi connectivity index (χ3v) is 11.9. The number of hydrogen-bond acceptors (Lipinski definition) is 4. The summed E-state index contributed by atoms with van der Waals surface area (Å²) in [4.78, 5) is 14.8. The molecule has 0 saturated heterocycles. The highest BCUT2D eigenvalue weighted by atomic mass is 32.1. The summed E-state index contributed by atoms with van der Waals surface area (Å²) in [5.74, 6) is 1.94. The van der Waals surface area contributed by atoms with E-state index in [1.54, 1.807) is 0 Å². The molecule has 56 heavy (non-hydrogen) atoms. The number of rotatable bonds is 6. The van der Waals surface area contributed by atoms with Gasteiger partial charge in [-0.25, -0.2) is 15.0 Å². The van der Waals surface area contributed by atoms with E-state index in [1.165, 1.54) is 53.2 Å². The fraction of sp³-hybridized carbons (Fsp3) is 0. The van der Waals surface area contributed by atoms with E-state index in [9.17, 15) is 0 Å². The molecule has 0 radical (unpaired) electrons. The van der Waals surface area contributed by atoms with E-state index < -0.39 is 0 Å². The lowest BCUT2D eigenvalue weighted by molar-refractivity contribution is 1.07. The Kier molecular flexibility index (Phi) is 7.64. The highest BCUT2D eigenvalue weighted by Gasteiger charge is 2.18. The van der Waals surface area contributed by atoms with Crippen molar-refractivity contribution in [2.24, 2.45) is 0 Å². The highest BCUT2D eigenvalue weighted by Crippen LogP contribution is 2.42. The third kappa shape index (κ3) is 5.48. The molecule has 11 rings (SSSR count). The van der Waals surface area contributed by atoms with Gasteiger partial charge >= 0.3 is 0 Å². The molecule has 0 fully saturated rings. The lowest BCUT2D eigenvalue weighted by atomic mass is 9.99. The summed E-state index contributed by atoms with van der Waals surface area (Å²) in [5, 5.41) is 5.05. The minimum Gasteiger partial charge on any atom is -0.309 e. The zero-order valence-corrected chi connectivity index (χ0v) is 31.0. The third-order valence-electron chi connectivity index (χ3n) is 10.7. The fourth-order valence-corrected chi connectivity index (χ4v) is 9.19. The molecule has 8 aromatic carbocycles. The Morgan fingerprint density at radius 2 is 0.821 bits per heavy atom. The predicted molar refractivity (Wildman–Crippen MR) is 234 cm³/mol. The maximum atomic E-state index is 4.98. The average molecular weight is 733 g/mol. The van der Waals surface area contributed by atoms with E-state index in [-0.39, 0.29) is 0 Å². The molecule has 0 aliphatic heterocycles. The molecule has 3 heterocycles. The summed E-state index contributed by atoms with van der Waals surface area (Å²) in [6.45, 7) is 0. The standard InChI is InChI=1S/C51H32N4S/c1-4-13-33(14-5-1)37-25-29-45-43(31-37)44-32-38(40-20-12-21-42-41-19-10-11-22-47(41)56-48(40)42)26-30-46(44)55(45)39-27-23-36(24-28-39)51-53-49(34-15-6-2-7-16-34)52-50(54-51)35-17-8-3-9-18-35/h1-32H. The Morgan fingerprint density at radius 3 is 1.45 bits per heavy atom. The van der Waals surface area contributed by atoms with Gasteiger partial charge in [0.25, 0.3) is 0 Å². The molecular weight excluding hydrogens is 701 g/mol. The number of fused-ring (bicyclic) bond motifs is 6. The van der Waals surface area contributed by atoms with E-state index in [1.807, 2.05) is 72.0 Å². The van der Waals surface area contributed by atoms with Crippen LogP contribution in [0.3, 0.4) is 0 Å². The second-order valence-electron chi connectivity index (χ2n) is 14.0. The first kappa shape index (κ1) is 32.2. The second kappa shape index (κ2) is 13.3. The SMILES string of the molecule is c1ccc(-c2ccc3c(c2)c2cc(-c4cccc5c4sc4ccccc45)ccc2n3-c2ccc(-c3nc(-c4ccccc4)nc(-c4ccccc4)n3)cc2)cc1. The van der Waals surface area contributed by atoms with Crippen LogP contribution < -0.4 is 0 Å². The molecule has 0 spiro atoms. The van der Waals surface area contributed by atoms with Crippen LogP contribution in [0.2, 0.25) is 0 Å². The van der Waals surface area contributed by atoms with Crippen molar-refractivity contribution >= 4 is 53.3 Å². The molecule has 4 nitrogen and oxygen atoms in total. The molecule has 262 valence electrons. The zero-order chi connectivity index (χ0) is 37.0. The topological polar surface area (TPSA) is 43.6 Å². The Labute approximate surface area is 327 Å². The first-order chi connectivity index (χ1) is 27.7. The predicted octanol–water partition coefficient (Wildman–Crippen LogP) is 13.7. The Morgan fingerprint density at radius 1 is 0.339 bits per heavy atom. The van der Waals surface area contributed by atoms with E-state index in [0.29, 0.717) is 17.5 Å². The summed E-state index contributed by atoms with van der Waals surface area (Å²) >= 11 is 1.87. The molecule has 0 N–H and O–H groups in total. The van der Waals surface area contributed by atoms with Gasteiger partial charge in [-0.1, -0.05) is 140 Å². The van der Waals surface area contributed by atoms with Crippen molar-refractivity contribution in [3.8, 4) is 62.1 Å². The van der Waals surface area contributed by atoms with Crippen LogP contribution in [0, 0.1) is 0 Å². The van der Waals surface area contributed by atoms with Crippen molar-refractivity contribution in [1.29, 1.82) is 0 Å². The minimum atomic E-state index is 0.638. The van der Waals surface area contributed by atoms with Crippen molar-refractivity contribution in [1.82, 2.24) is 19.5 Å². The van der Waals surface area contributed by atoms with Crippen LogP contribution in [0.1, 0.15) is 0 Å². The van der Waals surface area contributed by atoms with Crippen molar-refractivity contribution < 1.29 is 0 Å². The maximum absolute atomic E-state index is 4.98. The lowest BCUT2D eigenvalue weighted by Crippen LogP contribution is -2.00. The quantitative estimate of drug-likeness (QED) is 0.171. The fourth-order valence-electron chi connectivity index (χ4n) is 7.95. The molecule has 0 aliphatic rings. The van der Waals surface area contributed by atoms with Gasteiger partial charge in [0.1, 0.15) is 0 Å². The van der Waals surface area contributed by atoms with Crippen molar-refractivity contribution in [2.45, 2.75) is 0 Å². The average Bonchev–Trinajstić information content (AvgIpc) is 3.82. The van der Waals surface area contributed by atoms with Gasteiger partial charge in [0.15, 0.2) is 17.5 Å². The van der Waals surface area contributed by atoms with Crippen molar-refractivity contribution in [2.75, 3.05) is 0 Å². The highest BCUT2D eigenvalue weighted by molar-refractivity contribution is 7.26. The van der Waals surface area contributed by atoms with Gasteiger partial charge in [0.2, 0.25) is 0 Å². The summed E-state index contributed by atoms with van der Waals surface area (Å²) in [7, 11) is 0. The van der Waals surface area contributed by atoms with Crippen LogP contribution in [0.4, 0.5) is 0 Å². The molecular formula is C51H32N4S. The Balaban J connectivity index is 1.07. The van der Waals surface area contributed by atoms with E-state index in [4.69, 9.17) is 15.0 Å². The summed E-state index contributed by atoms with van der Waals surface area (Å²) in [6, 6.07) is 68.7.